The molecule has 0 bridgehead atoms. The summed E-state index contributed by atoms with van der Waals surface area (Å²) in [6, 6.07) is 10.3. The summed E-state index contributed by atoms with van der Waals surface area (Å²) < 4.78 is 19.3. The van der Waals surface area contributed by atoms with Crippen LogP contribution in [0, 0.1) is 0 Å². The van der Waals surface area contributed by atoms with E-state index in [-0.39, 0.29) is 11.6 Å². The first-order chi connectivity index (χ1) is 12.5. The number of hydrazone groups is 1. The van der Waals surface area contributed by atoms with Gasteiger partial charge in [0.2, 0.25) is 5.72 Å². The van der Waals surface area contributed by atoms with Crippen molar-refractivity contribution in [1.29, 1.82) is 0 Å². The van der Waals surface area contributed by atoms with Gasteiger partial charge in [-0.25, -0.2) is 5.01 Å². The zero-order valence-corrected chi connectivity index (χ0v) is 16.5. The van der Waals surface area contributed by atoms with E-state index in [0.717, 1.165) is 41.0 Å². The van der Waals surface area contributed by atoms with Gasteiger partial charge in [-0.05, 0) is 44.2 Å². The highest BCUT2D eigenvalue weighted by molar-refractivity contribution is 9.10. The predicted octanol–water partition coefficient (Wildman–Crippen LogP) is 4.87. The molecule has 5 nitrogen and oxygen atoms in total. The lowest BCUT2D eigenvalue weighted by Gasteiger charge is -2.52. The van der Waals surface area contributed by atoms with Gasteiger partial charge in [-0.3, -0.25) is 0 Å². The molecule has 1 aromatic carbocycles. The lowest BCUT2D eigenvalue weighted by Crippen LogP contribution is -2.60. The number of halogens is 1. The fourth-order valence-corrected chi connectivity index (χ4v) is 4.80. The SMILES string of the molecule is CC1(C)C[C@]2(CCO1)Oc1ccc(Br)cc1C1CC(c3ccco3)=NN12. The van der Waals surface area contributed by atoms with Gasteiger partial charge < -0.3 is 13.9 Å². The van der Waals surface area contributed by atoms with Gasteiger partial charge in [0, 0.05) is 29.3 Å². The fraction of sp³-hybridized carbons (Fsp3) is 0.450. The Morgan fingerprint density at radius 1 is 1.27 bits per heavy atom. The van der Waals surface area contributed by atoms with Crippen LogP contribution in [-0.2, 0) is 4.74 Å². The maximum atomic E-state index is 6.62. The largest absolute Gasteiger partial charge is 0.466 e. The molecule has 26 heavy (non-hydrogen) atoms. The number of ether oxygens (including phenoxy) is 2. The summed E-state index contributed by atoms with van der Waals surface area (Å²) >= 11 is 3.60. The van der Waals surface area contributed by atoms with Crippen molar-refractivity contribution < 1.29 is 13.9 Å². The van der Waals surface area contributed by atoms with Gasteiger partial charge in [0.05, 0.1) is 24.5 Å². The molecule has 1 unspecified atom stereocenters. The zero-order valence-electron chi connectivity index (χ0n) is 14.9. The van der Waals surface area contributed by atoms with Crippen LogP contribution in [0.3, 0.4) is 0 Å². The first kappa shape index (κ1) is 16.4. The normalized spacial score (nSPS) is 29.1. The van der Waals surface area contributed by atoms with E-state index in [1.165, 1.54) is 5.56 Å². The van der Waals surface area contributed by atoms with E-state index in [4.69, 9.17) is 19.0 Å². The molecule has 5 rings (SSSR count). The van der Waals surface area contributed by atoms with Crippen LogP contribution in [0.5, 0.6) is 5.75 Å². The van der Waals surface area contributed by atoms with Crippen molar-refractivity contribution in [2.24, 2.45) is 5.10 Å². The van der Waals surface area contributed by atoms with Crippen LogP contribution in [0.15, 0.2) is 50.6 Å². The summed E-state index contributed by atoms with van der Waals surface area (Å²) in [4.78, 5) is 0. The summed E-state index contributed by atoms with van der Waals surface area (Å²) in [5, 5.41) is 7.15. The maximum Gasteiger partial charge on any atom is 0.203 e. The Morgan fingerprint density at radius 3 is 2.92 bits per heavy atom. The van der Waals surface area contributed by atoms with E-state index in [2.05, 4.69) is 46.9 Å². The molecule has 1 saturated heterocycles. The first-order valence-electron chi connectivity index (χ1n) is 8.99. The molecule has 0 amide bonds. The smallest absolute Gasteiger partial charge is 0.203 e. The third-order valence-electron chi connectivity index (χ3n) is 5.45. The number of rotatable bonds is 1. The van der Waals surface area contributed by atoms with Gasteiger partial charge in [0.15, 0.2) is 0 Å². The van der Waals surface area contributed by atoms with Gasteiger partial charge >= 0.3 is 0 Å². The van der Waals surface area contributed by atoms with E-state index in [1.807, 2.05) is 18.2 Å². The van der Waals surface area contributed by atoms with Crippen molar-refractivity contribution >= 4 is 21.6 Å². The Hall–Kier alpha value is -1.79. The predicted molar refractivity (Wildman–Crippen MR) is 101 cm³/mol. The van der Waals surface area contributed by atoms with Gasteiger partial charge in [-0.15, -0.1) is 0 Å². The van der Waals surface area contributed by atoms with E-state index in [1.54, 1.807) is 6.26 Å². The average Bonchev–Trinajstić information content (AvgIpc) is 3.24. The Balaban J connectivity index is 1.63. The van der Waals surface area contributed by atoms with Crippen molar-refractivity contribution in [3.8, 4) is 5.75 Å². The summed E-state index contributed by atoms with van der Waals surface area (Å²) in [5.74, 6) is 1.78. The highest BCUT2D eigenvalue weighted by atomic mass is 79.9. The minimum atomic E-state index is -0.485. The second kappa shape index (κ2) is 5.60. The minimum Gasteiger partial charge on any atom is -0.466 e. The van der Waals surface area contributed by atoms with Crippen molar-refractivity contribution in [1.82, 2.24) is 5.01 Å². The lowest BCUT2D eigenvalue weighted by molar-refractivity contribution is -0.212. The van der Waals surface area contributed by atoms with E-state index >= 15 is 0 Å². The molecule has 136 valence electrons. The second-order valence-corrected chi connectivity index (χ2v) is 8.77. The minimum absolute atomic E-state index is 0.144. The number of furan rings is 1. The van der Waals surface area contributed by atoms with Gasteiger partial charge in [0.25, 0.3) is 0 Å². The topological polar surface area (TPSA) is 47.2 Å². The molecule has 0 N–H and O–H groups in total. The molecular formula is C20H21BrN2O3. The third kappa shape index (κ3) is 2.50. The van der Waals surface area contributed by atoms with Gasteiger partial charge in [-0.2, -0.15) is 5.10 Å². The Labute approximate surface area is 161 Å². The number of hydrogen-bond donors (Lipinski definition) is 0. The van der Waals surface area contributed by atoms with Crippen LogP contribution in [0.2, 0.25) is 0 Å². The molecule has 1 aromatic heterocycles. The standard InChI is InChI=1S/C20H21BrN2O3/c1-19(2)12-20(7-9-25-19)23-16(11-15(22-23)18-4-3-8-24-18)14-10-13(21)5-6-17(14)26-20/h3-6,8,10,16H,7,9,11-12H2,1-2H3/t16?,20-/m0/s1. The van der Waals surface area contributed by atoms with Crippen LogP contribution in [0.4, 0.5) is 0 Å². The Kier molecular flexibility index (Phi) is 3.53. The molecule has 3 aliphatic heterocycles. The van der Waals surface area contributed by atoms with Crippen LogP contribution in [0.25, 0.3) is 0 Å². The molecule has 4 heterocycles. The first-order valence-corrected chi connectivity index (χ1v) is 9.78. The summed E-state index contributed by atoms with van der Waals surface area (Å²) in [6.45, 7) is 4.90. The van der Waals surface area contributed by atoms with E-state index in [0.29, 0.717) is 6.61 Å². The fourth-order valence-electron chi connectivity index (χ4n) is 4.42. The molecule has 0 aliphatic carbocycles. The van der Waals surface area contributed by atoms with Crippen LogP contribution >= 0.6 is 15.9 Å². The number of fused-ring (bicyclic) bond motifs is 4. The monoisotopic (exact) mass is 416 g/mol. The Bertz CT molecular complexity index is 877. The molecule has 2 atom stereocenters. The van der Waals surface area contributed by atoms with Crippen molar-refractivity contribution in [3.05, 3.63) is 52.4 Å². The zero-order chi connectivity index (χ0) is 17.9. The van der Waals surface area contributed by atoms with Crippen LogP contribution in [-0.4, -0.2) is 28.7 Å². The molecule has 0 saturated carbocycles. The summed E-state index contributed by atoms with van der Waals surface area (Å²) in [7, 11) is 0. The van der Waals surface area contributed by atoms with E-state index in [9.17, 15) is 0 Å². The number of hydrogen-bond acceptors (Lipinski definition) is 5. The van der Waals surface area contributed by atoms with Crippen LogP contribution in [0.1, 0.15) is 50.5 Å². The van der Waals surface area contributed by atoms with Crippen molar-refractivity contribution in [2.75, 3.05) is 6.61 Å². The molecule has 1 fully saturated rings. The molecule has 2 aromatic rings. The maximum absolute atomic E-state index is 6.62. The van der Waals surface area contributed by atoms with Gasteiger partial charge in [-0.1, -0.05) is 15.9 Å². The highest BCUT2D eigenvalue weighted by Gasteiger charge is 2.54. The average molecular weight is 417 g/mol. The highest BCUT2D eigenvalue weighted by Crippen LogP contribution is 2.52. The quantitative estimate of drug-likeness (QED) is 0.664. The summed E-state index contributed by atoms with van der Waals surface area (Å²) in [5.41, 5.74) is 1.40. The molecule has 1 spiro atoms. The molecule has 0 radical (unpaired) electrons. The van der Waals surface area contributed by atoms with E-state index < -0.39 is 5.72 Å². The molecule has 3 aliphatic rings. The Morgan fingerprint density at radius 2 is 2.15 bits per heavy atom. The van der Waals surface area contributed by atoms with Crippen molar-refractivity contribution in [2.45, 2.75) is 50.5 Å². The third-order valence-corrected chi connectivity index (χ3v) is 5.94. The number of nitrogens with zero attached hydrogens (tertiary/aromatic N) is 2. The number of benzene rings is 1. The van der Waals surface area contributed by atoms with Crippen molar-refractivity contribution in [3.63, 3.8) is 0 Å². The second-order valence-electron chi connectivity index (χ2n) is 7.85. The lowest BCUT2D eigenvalue weighted by atomic mass is 9.86. The molecule has 6 heteroatoms. The van der Waals surface area contributed by atoms with Gasteiger partial charge in [0.1, 0.15) is 17.2 Å². The summed E-state index contributed by atoms with van der Waals surface area (Å²) in [6.07, 6.45) is 4.06. The van der Waals surface area contributed by atoms with Crippen LogP contribution < -0.4 is 4.74 Å². The molecular weight excluding hydrogens is 396 g/mol.